The van der Waals surface area contributed by atoms with Crippen molar-refractivity contribution in [1.82, 2.24) is 10.6 Å². The number of ether oxygens (including phenoxy) is 1. The van der Waals surface area contributed by atoms with E-state index in [4.69, 9.17) is 4.74 Å². The van der Waals surface area contributed by atoms with Crippen LogP contribution in [0, 0.1) is 0 Å². The summed E-state index contributed by atoms with van der Waals surface area (Å²) in [6, 6.07) is 8.22. The van der Waals surface area contributed by atoms with Crippen molar-refractivity contribution < 1.29 is 9.53 Å². The average molecular weight is 278 g/mol. The molecule has 0 aliphatic carbocycles. The van der Waals surface area contributed by atoms with E-state index in [2.05, 4.69) is 17.6 Å². The minimum absolute atomic E-state index is 0.0423. The second kappa shape index (κ2) is 8.59. The molecule has 20 heavy (non-hydrogen) atoms. The molecule has 2 N–H and O–H groups in total. The van der Waals surface area contributed by atoms with Gasteiger partial charge in [0.25, 0.3) is 0 Å². The lowest BCUT2D eigenvalue weighted by Crippen LogP contribution is -2.39. The van der Waals surface area contributed by atoms with Gasteiger partial charge in [0.15, 0.2) is 0 Å². The van der Waals surface area contributed by atoms with Crippen LogP contribution < -0.4 is 15.4 Å². The fraction of sp³-hybridized carbons (Fsp3) is 0.562. The minimum atomic E-state index is 0.0423. The number of benzene rings is 1. The van der Waals surface area contributed by atoms with Gasteiger partial charge >= 0.3 is 0 Å². The average Bonchev–Trinajstić information content (AvgIpc) is 2.45. The number of hydrogen-bond acceptors (Lipinski definition) is 3. The van der Waals surface area contributed by atoms with Gasteiger partial charge in [0.2, 0.25) is 5.91 Å². The first-order valence-corrected chi connectivity index (χ1v) is 7.23. The van der Waals surface area contributed by atoms with Gasteiger partial charge in [-0.1, -0.05) is 25.5 Å². The van der Waals surface area contributed by atoms with Crippen LogP contribution in [0.15, 0.2) is 24.3 Å². The molecule has 0 aliphatic rings. The first-order valence-electron chi connectivity index (χ1n) is 7.23. The van der Waals surface area contributed by atoms with E-state index in [1.165, 1.54) is 0 Å². The predicted molar refractivity (Wildman–Crippen MR) is 81.9 cm³/mol. The van der Waals surface area contributed by atoms with Gasteiger partial charge in [-0.2, -0.15) is 0 Å². The highest BCUT2D eigenvalue weighted by Gasteiger charge is 2.10. The van der Waals surface area contributed by atoms with E-state index in [0.29, 0.717) is 6.54 Å². The van der Waals surface area contributed by atoms with Crippen molar-refractivity contribution in [2.75, 3.05) is 13.7 Å². The number of hydrogen-bond donors (Lipinski definition) is 2. The van der Waals surface area contributed by atoms with Crippen LogP contribution in [0.3, 0.4) is 0 Å². The van der Waals surface area contributed by atoms with Crippen LogP contribution in [0.5, 0.6) is 5.75 Å². The van der Waals surface area contributed by atoms with E-state index in [9.17, 15) is 4.79 Å². The second-order valence-corrected chi connectivity index (χ2v) is 5.14. The summed E-state index contributed by atoms with van der Waals surface area (Å²) in [7, 11) is 1.65. The van der Waals surface area contributed by atoms with Crippen LogP contribution in [0.2, 0.25) is 0 Å². The first kappa shape index (κ1) is 16.5. The Morgan fingerprint density at radius 1 is 1.35 bits per heavy atom. The number of carbonyl (C=O) groups is 1. The third-order valence-electron chi connectivity index (χ3n) is 3.29. The molecule has 0 saturated carbocycles. The summed E-state index contributed by atoms with van der Waals surface area (Å²) in [6.45, 7) is 6.52. The maximum absolute atomic E-state index is 11.8. The normalized spacial score (nSPS) is 13.6. The number of methoxy groups -OCH3 is 1. The van der Waals surface area contributed by atoms with Gasteiger partial charge in [0, 0.05) is 12.1 Å². The molecular formula is C16H26N2O2. The van der Waals surface area contributed by atoms with Crippen molar-refractivity contribution in [1.29, 1.82) is 0 Å². The quantitative estimate of drug-likeness (QED) is 0.768. The zero-order valence-corrected chi connectivity index (χ0v) is 12.9. The van der Waals surface area contributed by atoms with Gasteiger partial charge < -0.3 is 15.4 Å². The highest BCUT2D eigenvalue weighted by atomic mass is 16.5. The molecule has 1 rings (SSSR count). The smallest absolute Gasteiger partial charge is 0.234 e. The molecule has 0 spiro atoms. The van der Waals surface area contributed by atoms with Crippen LogP contribution in [-0.2, 0) is 4.79 Å². The summed E-state index contributed by atoms with van der Waals surface area (Å²) in [5.74, 6) is 0.873. The summed E-state index contributed by atoms with van der Waals surface area (Å²) >= 11 is 0. The Kier molecular flexibility index (Phi) is 7.09. The maximum atomic E-state index is 11.8. The lowest BCUT2D eigenvalue weighted by Gasteiger charge is -2.17. The largest absolute Gasteiger partial charge is 0.497 e. The predicted octanol–water partition coefficient (Wildman–Crippen LogP) is 2.65. The molecule has 2 atom stereocenters. The van der Waals surface area contributed by atoms with E-state index in [1.54, 1.807) is 7.11 Å². The molecular weight excluding hydrogens is 252 g/mol. The number of nitrogens with one attached hydrogen (secondary N) is 2. The molecule has 0 fully saturated rings. The maximum Gasteiger partial charge on any atom is 0.234 e. The Morgan fingerprint density at radius 3 is 2.75 bits per heavy atom. The molecule has 0 aromatic heterocycles. The van der Waals surface area contributed by atoms with Crippen molar-refractivity contribution in [3.63, 3.8) is 0 Å². The Labute approximate surface area is 121 Å². The third kappa shape index (κ3) is 5.61. The molecule has 1 aromatic carbocycles. The highest BCUT2D eigenvalue weighted by Crippen LogP contribution is 2.18. The zero-order valence-electron chi connectivity index (χ0n) is 12.9. The van der Waals surface area contributed by atoms with Gasteiger partial charge in [0.05, 0.1) is 13.7 Å². The molecule has 1 unspecified atom stereocenters. The number of carbonyl (C=O) groups excluding carboxylic acids is 1. The van der Waals surface area contributed by atoms with Crippen LogP contribution in [0.25, 0.3) is 0 Å². The van der Waals surface area contributed by atoms with E-state index >= 15 is 0 Å². The molecule has 0 heterocycles. The lowest BCUT2D eigenvalue weighted by molar-refractivity contribution is -0.121. The fourth-order valence-electron chi connectivity index (χ4n) is 2.11. The molecule has 4 heteroatoms. The molecule has 0 bridgehead atoms. The Morgan fingerprint density at radius 2 is 2.10 bits per heavy atom. The fourth-order valence-corrected chi connectivity index (χ4v) is 2.11. The van der Waals surface area contributed by atoms with Crippen LogP contribution in [-0.4, -0.2) is 25.6 Å². The summed E-state index contributed by atoms with van der Waals surface area (Å²) in [5.41, 5.74) is 1.11. The van der Waals surface area contributed by atoms with E-state index in [-0.39, 0.29) is 18.0 Å². The van der Waals surface area contributed by atoms with Crippen molar-refractivity contribution >= 4 is 5.91 Å². The standard InChI is InChI=1S/C16H26N2O2/c1-5-7-12(2)18-16(19)11-17-13(3)14-8-6-9-15(10-14)20-4/h6,8-10,12-13,17H,5,7,11H2,1-4H3,(H,18,19)/t12?,13-/m1/s1. The van der Waals surface area contributed by atoms with Gasteiger partial charge in [-0.25, -0.2) is 0 Å². The number of rotatable bonds is 8. The zero-order chi connectivity index (χ0) is 15.0. The van der Waals surface area contributed by atoms with E-state index < -0.39 is 0 Å². The van der Waals surface area contributed by atoms with Crippen molar-refractivity contribution in [2.24, 2.45) is 0 Å². The monoisotopic (exact) mass is 278 g/mol. The van der Waals surface area contributed by atoms with E-state index in [1.807, 2.05) is 38.1 Å². The Hall–Kier alpha value is -1.55. The molecule has 0 radical (unpaired) electrons. The summed E-state index contributed by atoms with van der Waals surface area (Å²) in [4.78, 5) is 11.8. The molecule has 1 aromatic rings. The first-order chi connectivity index (χ1) is 9.56. The van der Waals surface area contributed by atoms with Crippen molar-refractivity contribution in [3.8, 4) is 5.75 Å². The summed E-state index contributed by atoms with van der Waals surface area (Å²) in [6.07, 6.45) is 2.09. The molecule has 0 saturated heterocycles. The van der Waals surface area contributed by atoms with Gasteiger partial charge in [-0.05, 0) is 38.0 Å². The Bertz CT molecular complexity index is 421. The van der Waals surface area contributed by atoms with E-state index in [0.717, 1.165) is 24.2 Å². The molecule has 1 amide bonds. The lowest BCUT2D eigenvalue weighted by atomic mass is 10.1. The minimum Gasteiger partial charge on any atom is -0.497 e. The Balaban J connectivity index is 2.42. The van der Waals surface area contributed by atoms with Gasteiger partial charge in [-0.15, -0.1) is 0 Å². The highest BCUT2D eigenvalue weighted by molar-refractivity contribution is 5.78. The molecule has 112 valence electrons. The van der Waals surface area contributed by atoms with Crippen molar-refractivity contribution in [2.45, 2.75) is 45.7 Å². The topological polar surface area (TPSA) is 50.4 Å². The molecule has 4 nitrogen and oxygen atoms in total. The van der Waals surface area contributed by atoms with Crippen LogP contribution in [0.1, 0.15) is 45.2 Å². The second-order valence-electron chi connectivity index (χ2n) is 5.14. The molecule has 0 aliphatic heterocycles. The van der Waals surface area contributed by atoms with Crippen LogP contribution in [0.4, 0.5) is 0 Å². The van der Waals surface area contributed by atoms with Crippen molar-refractivity contribution in [3.05, 3.63) is 29.8 Å². The number of amides is 1. The van der Waals surface area contributed by atoms with Crippen LogP contribution >= 0.6 is 0 Å². The SMILES string of the molecule is CCCC(C)NC(=O)CN[C@H](C)c1cccc(OC)c1. The third-order valence-corrected chi connectivity index (χ3v) is 3.29. The van der Waals surface area contributed by atoms with Gasteiger partial charge in [0.1, 0.15) is 5.75 Å². The summed E-state index contributed by atoms with van der Waals surface area (Å²) < 4.78 is 5.20. The summed E-state index contributed by atoms with van der Waals surface area (Å²) in [5, 5.41) is 6.21. The van der Waals surface area contributed by atoms with Gasteiger partial charge in [-0.3, -0.25) is 4.79 Å².